The Bertz CT molecular complexity index is 332. The molecule has 1 aliphatic rings. The summed E-state index contributed by atoms with van der Waals surface area (Å²) >= 11 is 0. The van der Waals surface area contributed by atoms with Crippen molar-refractivity contribution in [2.75, 3.05) is 18.8 Å². The minimum Gasteiger partial charge on any atom is -0.485 e. The van der Waals surface area contributed by atoms with Gasteiger partial charge in [-0.15, -0.1) is 0 Å². The molecule has 3 heteroatoms. The number of rotatable bonds is 2. The van der Waals surface area contributed by atoms with Crippen molar-refractivity contribution in [2.45, 2.75) is 25.4 Å². The molecular formula is C12H18N2O. The number of nitrogen functional groups attached to an aromatic ring is 1. The Morgan fingerprint density at radius 2 is 1.93 bits per heavy atom. The van der Waals surface area contributed by atoms with E-state index in [1.54, 1.807) is 0 Å². The van der Waals surface area contributed by atoms with Crippen LogP contribution < -0.4 is 15.8 Å². The third kappa shape index (κ3) is 2.42. The molecule has 1 aromatic carbocycles. The molecule has 1 saturated heterocycles. The first kappa shape index (κ1) is 10.3. The van der Waals surface area contributed by atoms with Crippen molar-refractivity contribution < 1.29 is 4.74 Å². The fourth-order valence-corrected chi connectivity index (χ4v) is 1.90. The van der Waals surface area contributed by atoms with Crippen molar-refractivity contribution in [2.24, 2.45) is 0 Å². The van der Waals surface area contributed by atoms with Gasteiger partial charge < -0.3 is 15.8 Å². The molecule has 82 valence electrons. The third-order valence-corrected chi connectivity index (χ3v) is 2.94. The minimum atomic E-state index is -0.0687. The Morgan fingerprint density at radius 1 is 1.27 bits per heavy atom. The van der Waals surface area contributed by atoms with Crippen molar-refractivity contribution in [1.82, 2.24) is 5.32 Å². The van der Waals surface area contributed by atoms with E-state index in [2.05, 4.69) is 12.2 Å². The fourth-order valence-electron chi connectivity index (χ4n) is 1.90. The second-order valence-electron chi connectivity index (χ2n) is 4.34. The van der Waals surface area contributed by atoms with Gasteiger partial charge in [-0.1, -0.05) is 12.1 Å². The molecular weight excluding hydrogens is 188 g/mol. The maximum atomic E-state index is 6.01. The lowest BCUT2D eigenvalue weighted by molar-refractivity contribution is 0.0564. The number of nitrogens with two attached hydrogens (primary N) is 1. The fraction of sp³-hybridized carbons (Fsp3) is 0.500. The van der Waals surface area contributed by atoms with Crippen molar-refractivity contribution >= 4 is 5.69 Å². The SMILES string of the molecule is CC1(Oc2ccccc2N)CCNCC1. The van der Waals surface area contributed by atoms with Crippen LogP contribution in [0.4, 0.5) is 5.69 Å². The van der Waals surface area contributed by atoms with Crippen molar-refractivity contribution in [1.29, 1.82) is 0 Å². The van der Waals surface area contributed by atoms with Crippen molar-refractivity contribution in [3.63, 3.8) is 0 Å². The van der Waals surface area contributed by atoms with E-state index in [0.717, 1.165) is 37.4 Å². The molecule has 0 unspecified atom stereocenters. The standard InChI is InChI=1S/C12H18N2O/c1-12(6-8-14-9-7-12)15-11-5-3-2-4-10(11)13/h2-5,14H,6-9,13H2,1H3. The van der Waals surface area contributed by atoms with Crippen LogP contribution in [-0.4, -0.2) is 18.7 Å². The van der Waals surface area contributed by atoms with E-state index < -0.39 is 0 Å². The molecule has 1 aliphatic heterocycles. The van der Waals surface area contributed by atoms with Gasteiger partial charge in [0.2, 0.25) is 0 Å². The number of hydrogen-bond acceptors (Lipinski definition) is 3. The first-order valence-corrected chi connectivity index (χ1v) is 5.44. The van der Waals surface area contributed by atoms with Crippen molar-refractivity contribution in [3.8, 4) is 5.75 Å². The Labute approximate surface area is 90.6 Å². The summed E-state index contributed by atoms with van der Waals surface area (Å²) in [5.41, 5.74) is 6.51. The summed E-state index contributed by atoms with van der Waals surface area (Å²) in [6.45, 7) is 4.19. The number of ether oxygens (including phenoxy) is 1. The van der Waals surface area contributed by atoms with Gasteiger partial charge in [-0.25, -0.2) is 0 Å². The second kappa shape index (κ2) is 4.11. The Hall–Kier alpha value is -1.22. The van der Waals surface area contributed by atoms with E-state index in [1.807, 2.05) is 24.3 Å². The molecule has 0 saturated carbocycles. The molecule has 0 radical (unpaired) electrons. The number of piperidine rings is 1. The first-order chi connectivity index (χ1) is 7.20. The van der Waals surface area contributed by atoms with Gasteiger partial charge in [0.05, 0.1) is 5.69 Å². The summed E-state index contributed by atoms with van der Waals surface area (Å²) in [4.78, 5) is 0. The Morgan fingerprint density at radius 3 is 2.60 bits per heavy atom. The maximum absolute atomic E-state index is 6.01. The highest BCUT2D eigenvalue weighted by molar-refractivity contribution is 5.52. The number of nitrogens with one attached hydrogen (secondary N) is 1. The van der Waals surface area contributed by atoms with Crippen LogP contribution in [0.1, 0.15) is 19.8 Å². The average molecular weight is 206 g/mol. The van der Waals surface area contributed by atoms with Crippen LogP contribution in [0.2, 0.25) is 0 Å². The zero-order chi connectivity index (χ0) is 10.7. The van der Waals surface area contributed by atoms with Gasteiger partial charge in [-0.05, 0) is 45.0 Å². The molecule has 1 fully saturated rings. The summed E-state index contributed by atoms with van der Waals surface area (Å²) in [6, 6.07) is 7.69. The highest BCUT2D eigenvalue weighted by Crippen LogP contribution is 2.29. The van der Waals surface area contributed by atoms with Crippen LogP contribution in [0.25, 0.3) is 0 Å². The lowest BCUT2D eigenvalue weighted by Crippen LogP contribution is -2.43. The molecule has 0 atom stereocenters. The molecule has 1 heterocycles. The van der Waals surface area contributed by atoms with Gasteiger partial charge in [0.25, 0.3) is 0 Å². The lowest BCUT2D eigenvalue weighted by atomic mass is 9.94. The van der Waals surface area contributed by atoms with Crippen molar-refractivity contribution in [3.05, 3.63) is 24.3 Å². The van der Waals surface area contributed by atoms with E-state index >= 15 is 0 Å². The predicted molar refractivity (Wildman–Crippen MR) is 62.0 cm³/mol. The summed E-state index contributed by atoms with van der Waals surface area (Å²) in [5.74, 6) is 0.807. The average Bonchev–Trinajstić information content (AvgIpc) is 2.22. The normalized spacial score (nSPS) is 19.8. The van der Waals surface area contributed by atoms with Crippen LogP contribution in [-0.2, 0) is 0 Å². The zero-order valence-electron chi connectivity index (χ0n) is 9.12. The topological polar surface area (TPSA) is 47.3 Å². The summed E-state index contributed by atoms with van der Waals surface area (Å²) in [5, 5.41) is 3.33. The molecule has 1 aromatic rings. The van der Waals surface area contributed by atoms with Gasteiger partial charge in [-0.2, -0.15) is 0 Å². The largest absolute Gasteiger partial charge is 0.485 e. The maximum Gasteiger partial charge on any atom is 0.143 e. The van der Waals surface area contributed by atoms with E-state index in [4.69, 9.17) is 10.5 Å². The van der Waals surface area contributed by atoms with Crippen LogP contribution >= 0.6 is 0 Å². The van der Waals surface area contributed by atoms with Gasteiger partial charge in [0.1, 0.15) is 11.4 Å². The minimum absolute atomic E-state index is 0.0687. The van der Waals surface area contributed by atoms with Crippen LogP contribution in [0.5, 0.6) is 5.75 Å². The summed E-state index contributed by atoms with van der Waals surface area (Å²) in [7, 11) is 0. The molecule has 3 N–H and O–H groups in total. The molecule has 15 heavy (non-hydrogen) atoms. The third-order valence-electron chi connectivity index (χ3n) is 2.94. The van der Waals surface area contributed by atoms with E-state index in [9.17, 15) is 0 Å². The highest BCUT2D eigenvalue weighted by Gasteiger charge is 2.28. The van der Waals surface area contributed by atoms with Crippen LogP contribution in [0.3, 0.4) is 0 Å². The Balaban J connectivity index is 2.10. The molecule has 0 aromatic heterocycles. The predicted octanol–water partition coefficient (Wildman–Crippen LogP) is 1.79. The number of anilines is 1. The van der Waals surface area contributed by atoms with E-state index in [1.165, 1.54) is 0 Å². The van der Waals surface area contributed by atoms with E-state index in [-0.39, 0.29) is 5.60 Å². The van der Waals surface area contributed by atoms with E-state index in [0.29, 0.717) is 0 Å². The number of para-hydroxylation sites is 2. The zero-order valence-corrected chi connectivity index (χ0v) is 9.12. The van der Waals surface area contributed by atoms with Gasteiger partial charge in [-0.3, -0.25) is 0 Å². The molecule has 0 amide bonds. The lowest BCUT2D eigenvalue weighted by Gasteiger charge is -2.35. The Kier molecular flexibility index (Phi) is 2.82. The van der Waals surface area contributed by atoms with Crippen LogP contribution in [0, 0.1) is 0 Å². The van der Waals surface area contributed by atoms with Gasteiger partial charge in [0, 0.05) is 0 Å². The first-order valence-electron chi connectivity index (χ1n) is 5.44. The highest BCUT2D eigenvalue weighted by atomic mass is 16.5. The monoisotopic (exact) mass is 206 g/mol. The smallest absolute Gasteiger partial charge is 0.143 e. The second-order valence-corrected chi connectivity index (χ2v) is 4.34. The van der Waals surface area contributed by atoms with Gasteiger partial charge >= 0.3 is 0 Å². The molecule has 0 bridgehead atoms. The van der Waals surface area contributed by atoms with Crippen LogP contribution in [0.15, 0.2) is 24.3 Å². The summed E-state index contributed by atoms with van der Waals surface area (Å²) in [6.07, 6.45) is 2.06. The number of hydrogen-bond donors (Lipinski definition) is 2. The molecule has 3 nitrogen and oxygen atoms in total. The number of benzene rings is 1. The summed E-state index contributed by atoms with van der Waals surface area (Å²) < 4.78 is 6.01. The molecule has 0 aliphatic carbocycles. The molecule has 2 rings (SSSR count). The van der Waals surface area contributed by atoms with Gasteiger partial charge in [0.15, 0.2) is 0 Å². The molecule has 0 spiro atoms. The quantitative estimate of drug-likeness (QED) is 0.725.